The fourth-order valence-electron chi connectivity index (χ4n) is 2.22. The molecule has 0 aliphatic heterocycles. The molecule has 1 unspecified atom stereocenters. The van der Waals surface area contributed by atoms with Crippen molar-refractivity contribution in [1.82, 2.24) is 0 Å². The van der Waals surface area contributed by atoms with Crippen LogP contribution in [0.4, 0.5) is 0 Å². The molecule has 2 aromatic rings. The molecule has 0 saturated heterocycles. The summed E-state index contributed by atoms with van der Waals surface area (Å²) in [6, 6.07) is 10.8. The Morgan fingerprint density at radius 3 is 2.62 bits per heavy atom. The summed E-state index contributed by atoms with van der Waals surface area (Å²) in [5.74, 6) is -0.573. The summed E-state index contributed by atoms with van der Waals surface area (Å²) >= 11 is 0. The molecule has 0 bridgehead atoms. The molecule has 0 amide bonds. The fraction of sp³-hybridized carbons (Fsp3) is 0.278. The van der Waals surface area contributed by atoms with E-state index in [1.165, 1.54) is 0 Å². The van der Waals surface area contributed by atoms with Crippen LogP contribution in [0.5, 0.6) is 5.75 Å². The van der Waals surface area contributed by atoms with Gasteiger partial charge in [0.25, 0.3) is 0 Å². The second kappa shape index (κ2) is 6.93. The Balaban J connectivity index is 2.22. The molecule has 0 fully saturated rings. The van der Waals surface area contributed by atoms with Crippen molar-refractivity contribution in [3.05, 3.63) is 54.6 Å². The number of fused-ring (bicyclic) bond motifs is 1. The lowest BCUT2D eigenvalue weighted by molar-refractivity contribution is 0.0374. The summed E-state index contributed by atoms with van der Waals surface area (Å²) in [4.78, 5) is 12.2. The predicted molar refractivity (Wildman–Crippen MR) is 84.5 cm³/mol. The first-order chi connectivity index (χ1) is 10.2. The van der Waals surface area contributed by atoms with Crippen molar-refractivity contribution in [2.75, 3.05) is 0 Å². The van der Waals surface area contributed by atoms with E-state index in [-0.39, 0.29) is 17.4 Å². The van der Waals surface area contributed by atoms with E-state index in [2.05, 4.69) is 13.5 Å². The number of rotatable bonds is 6. The zero-order valence-electron chi connectivity index (χ0n) is 12.2. The van der Waals surface area contributed by atoms with Gasteiger partial charge in [0.2, 0.25) is 0 Å². The highest BCUT2D eigenvalue weighted by Gasteiger charge is 2.17. The molecule has 0 spiro atoms. The number of aromatic hydroxyl groups is 1. The summed E-state index contributed by atoms with van der Waals surface area (Å²) in [7, 11) is 0. The van der Waals surface area contributed by atoms with E-state index in [4.69, 9.17) is 4.74 Å². The van der Waals surface area contributed by atoms with Gasteiger partial charge in [-0.25, -0.2) is 4.79 Å². The van der Waals surface area contributed by atoms with Gasteiger partial charge in [-0.3, -0.25) is 0 Å². The molecule has 0 aliphatic carbocycles. The standard InChI is InChI=1S/C18H20O3/c1-3-5-10-15(4-2)21-18(20)16-11-13-8-6-7-9-14(13)12-17(16)19/h4,6-9,11-12,15,19H,2-3,5,10H2,1H3. The van der Waals surface area contributed by atoms with E-state index in [1.807, 2.05) is 24.3 Å². The zero-order chi connectivity index (χ0) is 15.2. The number of benzene rings is 2. The van der Waals surface area contributed by atoms with Crippen molar-refractivity contribution in [2.45, 2.75) is 32.3 Å². The third kappa shape index (κ3) is 3.63. The number of carbonyl (C=O) groups excluding carboxylic acids is 1. The molecule has 0 aliphatic rings. The maximum Gasteiger partial charge on any atom is 0.342 e. The third-order valence-corrected chi connectivity index (χ3v) is 3.45. The monoisotopic (exact) mass is 284 g/mol. The molecule has 2 aromatic carbocycles. The van der Waals surface area contributed by atoms with Gasteiger partial charge in [0, 0.05) is 0 Å². The maximum atomic E-state index is 12.2. The first-order valence-corrected chi connectivity index (χ1v) is 7.21. The molecule has 2 rings (SSSR count). The third-order valence-electron chi connectivity index (χ3n) is 3.45. The van der Waals surface area contributed by atoms with Crippen LogP contribution in [-0.2, 0) is 4.74 Å². The molecule has 21 heavy (non-hydrogen) atoms. The number of hydrogen-bond acceptors (Lipinski definition) is 3. The van der Waals surface area contributed by atoms with Crippen molar-refractivity contribution in [3.8, 4) is 5.75 Å². The maximum absolute atomic E-state index is 12.2. The van der Waals surface area contributed by atoms with Crippen molar-refractivity contribution in [1.29, 1.82) is 0 Å². The van der Waals surface area contributed by atoms with E-state index in [9.17, 15) is 9.90 Å². The van der Waals surface area contributed by atoms with Crippen LogP contribution in [0.1, 0.15) is 36.5 Å². The van der Waals surface area contributed by atoms with Crippen LogP contribution < -0.4 is 0 Å². The van der Waals surface area contributed by atoms with Crippen LogP contribution in [0.15, 0.2) is 49.1 Å². The van der Waals surface area contributed by atoms with E-state index in [0.29, 0.717) is 0 Å². The topological polar surface area (TPSA) is 46.5 Å². The van der Waals surface area contributed by atoms with Crippen LogP contribution in [0.2, 0.25) is 0 Å². The average Bonchev–Trinajstić information content (AvgIpc) is 2.50. The largest absolute Gasteiger partial charge is 0.507 e. The van der Waals surface area contributed by atoms with Crippen LogP contribution in [-0.4, -0.2) is 17.2 Å². The number of unbranched alkanes of at least 4 members (excludes halogenated alkanes) is 1. The van der Waals surface area contributed by atoms with Gasteiger partial charge < -0.3 is 9.84 Å². The summed E-state index contributed by atoms with van der Waals surface area (Å²) in [5.41, 5.74) is 0.192. The number of hydrogen-bond donors (Lipinski definition) is 1. The molecule has 0 heterocycles. The molecule has 3 heteroatoms. The lowest BCUT2D eigenvalue weighted by Gasteiger charge is -2.14. The van der Waals surface area contributed by atoms with Crippen molar-refractivity contribution in [2.24, 2.45) is 0 Å². The normalized spacial score (nSPS) is 12.0. The minimum Gasteiger partial charge on any atom is -0.507 e. The molecule has 3 nitrogen and oxygen atoms in total. The molecule has 1 N–H and O–H groups in total. The van der Waals surface area contributed by atoms with Gasteiger partial charge in [0.1, 0.15) is 17.4 Å². The predicted octanol–water partition coefficient (Wildman–Crippen LogP) is 4.45. The van der Waals surface area contributed by atoms with Crippen molar-refractivity contribution >= 4 is 16.7 Å². The van der Waals surface area contributed by atoms with Gasteiger partial charge in [0.15, 0.2) is 0 Å². The Kier molecular flexibility index (Phi) is 4.99. The SMILES string of the molecule is C=CC(CCCC)OC(=O)c1cc2ccccc2cc1O. The molecule has 0 radical (unpaired) electrons. The zero-order valence-corrected chi connectivity index (χ0v) is 12.2. The smallest absolute Gasteiger partial charge is 0.342 e. The van der Waals surface area contributed by atoms with Crippen LogP contribution >= 0.6 is 0 Å². The molecular weight excluding hydrogens is 264 g/mol. The number of ether oxygens (including phenoxy) is 1. The summed E-state index contributed by atoms with van der Waals surface area (Å²) in [6.07, 6.45) is 4.06. The Bertz CT molecular complexity index is 646. The van der Waals surface area contributed by atoms with Crippen molar-refractivity contribution in [3.63, 3.8) is 0 Å². The highest BCUT2D eigenvalue weighted by Crippen LogP contribution is 2.26. The number of carbonyl (C=O) groups is 1. The van der Waals surface area contributed by atoms with Gasteiger partial charge in [-0.1, -0.05) is 50.3 Å². The second-order valence-corrected chi connectivity index (χ2v) is 5.04. The van der Waals surface area contributed by atoms with Crippen LogP contribution in [0.25, 0.3) is 10.8 Å². The number of esters is 1. The summed E-state index contributed by atoms with van der Waals surface area (Å²) in [5, 5.41) is 11.8. The van der Waals surface area contributed by atoms with Crippen LogP contribution in [0, 0.1) is 0 Å². The number of phenols is 1. The molecule has 1 atom stereocenters. The Morgan fingerprint density at radius 2 is 2.00 bits per heavy atom. The van der Waals surface area contributed by atoms with Crippen molar-refractivity contribution < 1.29 is 14.6 Å². The second-order valence-electron chi connectivity index (χ2n) is 5.04. The van der Waals surface area contributed by atoms with E-state index >= 15 is 0 Å². The lowest BCUT2D eigenvalue weighted by Crippen LogP contribution is -2.16. The molecule has 110 valence electrons. The first kappa shape index (κ1) is 15.1. The first-order valence-electron chi connectivity index (χ1n) is 7.21. The quantitative estimate of drug-likeness (QED) is 0.630. The van der Waals surface area contributed by atoms with Crippen LogP contribution in [0.3, 0.4) is 0 Å². The Hall–Kier alpha value is -2.29. The Labute approximate surface area is 124 Å². The lowest BCUT2D eigenvalue weighted by atomic mass is 10.1. The minimum atomic E-state index is -0.515. The van der Waals surface area contributed by atoms with Gasteiger partial charge in [-0.15, -0.1) is 0 Å². The number of phenolic OH excluding ortho intramolecular Hbond substituents is 1. The van der Waals surface area contributed by atoms with E-state index in [1.54, 1.807) is 18.2 Å². The summed E-state index contributed by atoms with van der Waals surface area (Å²) in [6.45, 7) is 5.77. The van der Waals surface area contributed by atoms with Gasteiger partial charge >= 0.3 is 5.97 Å². The fourth-order valence-corrected chi connectivity index (χ4v) is 2.22. The van der Waals surface area contributed by atoms with Gasteiger partial charge in [-0.2, -0.15) is 0 Å². The highest BCUT2D eigenvalue weighted by molar-refractivity contribution is 5.98. The van der Waals surface area contributed by atoms with E-state index < -0.39 is 5.97 Å². The highest BCUT2D eigenvalue weighted by atomic mass is 16.5. The summed E-state index contributed by atoms with van der Waals surface area (Å²) < 4.78 is 5.40. The molecular formula is C18H20O3. The Morgan fingerprint density at radius 1 is 1.33 bits per heavy atom. The average molecular weight is 284 g/mol. The van der Waals surface area contributed by atoms with E-state index in [0.717, 1.165) is 30.0 Å². The molecule has 0 saturated carbocycles. The van der Waals surface area contributed by atoms with Gasteiger partial charge in [-0.05, 0) is 35.7 Å². The van der Waals surface area contributed by atoms with Gasteiger partial charge in [0.05, 0.1) is 0 Å². The minimum absolute atomic E-state index is 0.0583. The molecule has 0 aromatic heterocycles.